The van der Waals surface area contributed by atoms with Crippen molar-refractivity contribution < 1.29 is 0 Å². The molecule has 1 nitrogen and oxygen atoms in total. The molecule has 0 bridgehead atoms. The van der Waals surface area contributed by atoms with Crippen molar-refractivity contribution in [2.75, 3.05) is 13.6 Å². The number of hydrogen-bond donors (Lipinski definition) is 0. The Morgan fingerprint density at radius 3 is 2.08 bits per heavy atom. The van der Waals surface area contributed by atoms with Crippen LogP contribution in [-0.2, 0) is 0 Å². The van der Waals surface area contributed by atoms with Crippen molar-refractivity contribution in [3.8, 4) is 0 Å². The van der Waals surface area contributed by atoms with Gasteiger partial charge in [0.25, 0.3) is 0 Å². The number of hydrogen-bond acceptors (Lipinski definition) is 1. The molecule has 0 aromatic heterocycles. The predicted molar refractivity (Wildman–Crippen MR) is 56.7 cm³/mol. The van der Waals surface area contributed by atoms with E-state index in [1.54, 1.807) is 0 Å². The molecule has 0 aliphatic carbocycles. The fraction of sp³-hybridized carbons (Fsp3) is 1.00. The van der Waals surface area contributed by atoms with E-state index in [0.717, 1.165) is 6.54 Å². The second-order valence-electron chi connectivity index (χ2n) is 4.08. The Morgan fingerprint density at radius 2 is 1.75 bits per heavy atom. The highest BCUT2D eigenvalue weighted by molar-refractivity contribution is 6.12. The van der Waals surface area contributed by atoms with E-state index in [2.05, 4.69) is 39.6 Å². The molecule has 2 radical (unpaired) electrons. The first-order valence-corrected chi connectivity index (χ1v) is 4.94. The molecule has 0 aromatic rings. The average Bonchev–Trinajstić information content (AvgIpc) is 2.02. The summed E-state index contributed by atoms with van der Waals surface area (Å²) < 4.78 is 0. The third-order valence-corrected chi connectivity index (χ3v) is 2.76. The molecule has 0 heterocycles. The first-order valence-electron chi connectivity index (χ1n) is 4.94. The molecule has 0 N–H and O–H groups in total. The topological polar surface area (TPSA) is 3.24 Å². The molecule has 0 spiro atoms. The van der Waals surface area contributed by atoms with Crippen LogP contribution in [0.25, 0.3) is 0 Å². The Labute approximate surface area is 78.9 Å². The van der Waals surface area contributed by atoms with Crippen molar-refractivity contribution in [3.63, 3.8) is 0 Å². The van der Waals surface area contributed by atoms with Gasteiger partial charge in [-0.3, -0.25) is 0 Å². The Bertz CT molecular complexity index is 114. The Kier molecular flexibility index (Phi) is 5.64. The highest BCUT2D eigenvalue weighted by Crippen LogP contribution is 2.18. The summed E-state index contributed by atoms with van der Waals surface area (Å²) in [5, 5.41) is 0. The molecule has 0 saturated carbocycles. The lowest BCUT2D eigenvalue weighted by Gasteiger charge is -2.28. The molecule has 0 amide bonds. The number of nitrogens with zero attached hydrogens (tertiary/aromatic N) is 1. The van der Waals surface area contributed by atoms with Crippen molar-refractivity contribution in [1.82, 2.24) is 4.90 Å². The lowest BCUT2D eigenvalue weighted by atomic mass is 9.76. The maximum absolute atomic E-state index is 6.02. The van der Waals surface area contributed by atoms with Gasteiger partial charge in [0.05, 0.1) is 7.85 Å². The first-order chi connectivity index (χ1) is 5.49. The lowest BCUT2D eigenvalue weighted by Crippen LogP contribution is -2.31. The molecule has 2 heteroatoms. The molecular weight excluding hydrogens is 145 g/mol. The summed E-state index contributed by atoms with van der Waals surface area (Å²) in [6.07, 6.45) is 1.17. The first kappa shape index (κ1) is 12.0. The van der Waals surface area contributed by atoms with Gasteiger partial charge in [-0.25, -0.2) is 0 Å². The van der Waals surface area contributed by atoms with Crippen LogP contribution in [0, 0.1) is 5.92 Å². The third kappa shape index (κ3) is 4.15. The molecule has 0 fully saturated rings. The van der Waals surface area contributed by atoms with Gasteiger partial charge in [0.15, 0.2) is 0 Å². The van der Waals surface area contributed by atoms with Crippen molar-refractivity contribution in [1.29, 1.82) is 0 Å². The summed E-state index contributed by atoms with van der Waals surface area (Å²) in [6.45, 7) is 9.82. The van der Waals surface area contributed by atoms with Crippen LogP contribution < -0.4 is 0 Å². The Morgan fingerprint density at radius 1 is 1.25 bits per heavy atom. The van der Waals surface area contributed by atoms with E-state index in [1.807, 2.05) is 0 Å². The molecule has 0 aliphatic heterocycles. The predicted octanol–water partition coefficient (Wildman–Crippen LogP) is 2.33. The zero-order valence-electron chi connectivity index (χ0n) is 9.17. The highest BCUT2D eigenvalue weighted by Gasteiger charge is 2.13. The van der Waals surface area contributed by atoms with Crippen molar-refractivity contribution in [2.45, 2.75) is 46.0 Å². The van der Waals surface area contributed by atoms with Crippen molar-refractivity contribution in [3.05, 3.63) is 0 Å². The zero-order valence-corrected chi connectivity index (χ0v) is 9.17. The van der Waals surface area contributed by atoms with Crippen LogP contribution in [0.5, 0.6) is 0 Å². The van der Waals surface area contributed by atoms with Crippen LogP contribution >= 0.6 is 0 Å². The fourth-order valence-electron chi connectivity index (χ4n) is 1.03. The second kappa shape index (κ2) is 5.63. The van der Waals surface area contributed by atoms with Crippen molar-refractivity contribution >= 4 is 7.85 Å². The SMILES string of the molecule is [B]C(CN(C)C(C)C)C(C)CC. The van der Waals surface area contributed by atoms with Crippen LogP contribution in [0.2, 0.25) is 5.82 Å². The van der Waals surface area contributed by atoms with Crippen LogP contribution in [0.1, 0.15) is 34.1 Å². The van der Waals surface area contributed by atoms with Gasteiger partial charge < -0.3 is 4.90 Å². The van der Waals surface area contributed by atoms with Gasteiger partial charge in [-0.2, -0.15) is 0 Å². The smallest absolute Gasteiger partial charge is 0.0720 e. The van der Waals surface area contributed by atoms with E-state index in [1.165, 1.54) is 6.42 Å². The van der Waals surface area contributed by atoms with Gasteiger partial charge >= 0.3 is 0 Å². The second-order valence-corrected chi connectivity index (χ2v) is 4.08. The standard InChI is InChI=1S/C10H22BN/c1-6-9(4)10(11)7-12(5)8(2)3/h8-10H,6-7H2,1-5H3. The van der Waals surface area contributed by atoms with Gasteiger partial charge in [0, 0.05) is 6.04 Å². The Balaban J connectivity index is 3.75. The Hall–Kier alpha value is 0.0249. The quantitative estimate of drug-likeness (QED) is 0.568. The molecule has 12 heavy (non-hydrogen) atoms. The molecule has 0 aliphatic rings. The van der Waals surface area contributed by atoms with Gasteiger partial charge in [-0.1, -0.05) is 26.1 Å². The minimum absolute atomic E-state index is 0.322. The van der Waals surface area contributed by atoms with Gasteiger partial charge in [0.1, 0.15) is 0 Å². The van der Waals surface area contributed by atoms with Gasteiger partial charge in [0.2, 0.25) is 0 Å². The van der Waals surface area contributed by atoms with E-state index in [4.69, 9.17) is 7.85 Å². The molecule has 0 aromatic carbocycles. The van der Waals surface area contributed by atoms with Crippen LogP contribution in [0.15, 0.2) is 0 Å². The normalized spacial score (nSPS) is 16.9. The monoisotopic (exact) mass is 167 g/mol. The molecule has 0 rings (SSSR count). The van der Waals surface area contributed by atoms with E-state index in [9.17, 15) is 0 Å². The minimum atomic E-state index is 0.322. The summed E-state index contributed by atoms with van der Waals surface area (Å²) in [6, 6.07) is 0.597. The van der Waals surface area contributed by atoms with E-state index >= 15 is 0 Å². The third-order valence-electron chi connectivity index (χ3n) is 2.76. The molecular formula is C10H22BN. The number of rotatable bonds is 5. The summed E-state index contributed by atoms with van der Waals surface area (Å²) in [5.74, 6) is 0.952. The maximum Gasteiger partial charge on any atom is 0.0720 e. The lowest BCUT2D eigenvalue weighted by molar-refractivity contribution is 0.254. The van der Waals surface area contributed by atoms with Crippen LogP contribution in [0.3, 0.4) is 0 Å². The van der Waals surface area contributed by atoms with Gasteiger partial charge in [-0.05, 0) is 33.4 Å². The molecule has 2 atom stereocenters. The zero-order chi connectivity index (χ0) is 9.72. The molecule has 70 valence electrons. The average molecular weight is 167 g/mol. The van der Waals surface area contributed by atoms with Gasteiger partial charge in [-0.15, -0.1) is 0 Å². The summed E-state index contributed by atoms with van der Waals surface area (Å²) in [5.41, 5.74) is 0. The largest absolute Gasteiger partial charge is 0.304 e. The maximum atomic E-state index is 6.02. The van der Waals surface area contributed by atoms with E-state index in [0.29, 0.717) is 17.8 Å². The van der Waals surface area contributed by atoms with Crippen molar-refractivity contribution in [2.24, 2.45) is 5.92 Å². The van der Waals surface area contributed by atoms with E-state index < -0.39 is 0 Å². The molecule has 2 unspecified atom stereocenters. The minimum Gasteiger partial charge on any atom is -0.304 e. The molecule has 0 saturated heterocycles. The fourth-order valence-corrected chi connectivity index (χ4v) is 1.03. The van der Waals surface area contributed by atoms with Crippen LogP contribution in [0.4, 0.5) is 0 Å². The summed E-state index contributed by atoms with van der Waals surface area (Å²) in [7, 11) is 8.16. The highest BCUT2D eigenvalue weighted by atomic mass is 15.1. The van der Waals surface area contributed by atoms with Crippen LogP contribution in [-0.4, -0.2) is 32.4 Å². The van der Waals surface area contributed by atoms with E-state index in [-0.39, 0.29) is 0 Å². The summed E-state index contributed by atoms with van der Waals surface area (Å²) in [4.78, 5) is 2.30. The summed E-state index contributed by atoms with van der Waals surface area (Å²) >= 11 is 0.